The zero-order chi connectivity index (χ0) is 15.5. The highest BCUT2D eigenvalue weighted by atomic mass is 16.5. The van der Waals surface area contributed by atoms with Gasteiger partial charge in [0.1, 0.15) is 12.4 Å². The molecule has 0 aromatic heterocycles. The summed E-state index contributed by atoms with van der Waals surface area (Å²) in [6.07, 6.45) is 2.16. The van der Waals surface area contributed by atoms with E-state index in [1.807, 2.05) is 12.1 Å². The van der Waals surface area contributed by atoms with Crippen molar-refractivity contribution in [2.45, 2.75) is 46.6 Å². The number of hydrogen-bond acceptors (Lipinski definition) is 3. The van der Waals surface area contributed by atoms with Gasteiger partial charge in [0, 0.05) is 18.2 Å². The number of nitrogens with one attached hydrogen (secondary N) is 1. The molecule has 1 aromatic rings. The lowest BCUT2D eigenvalue weighted by molar-refractivity contribution is 0.0921. The van der Waals surface area contributed by atoms with Crippen LogP contribution < -0.4 is 10.1 Å². The minimum absolute atomic E-state index is 0.355. The molecule has 120 valence electrons. The lowest BCUT2D eigenvalue weighted by Crippen LogP contribution is -2.21. The molecule has 1 N–H and O–H groups in total. The van der Waals surface area contributed by atoms with Gasteiger partial charge in [-0.2, -0.15) is 0 Å². The Bertz CT molecular complexity index is 379. The third kappa shape index (κ3) is 6.96. The van der Waals surface area contributed by atoms with Crippen LogP contribution in [0.15, 0.2) is 24.3 Å². The Morgan fingerprint density at radius 2 is 1.81 bits per heavy atom. The first-order valence-corrected chi connectivity index (χ1v) is 8.21. The SMILES string of the molecule is CCNC(CC)c1ccccc1OCCOCCC(C)C. The van der Waals surface area contributed by atoms with Crippen molar-refractivity contribution >= 4 is 0 Å². The van der Waals surface area contributed by atoms with Crippen LogP contribution >= 0.6 is 0 Å². The smallest absolute Gasteiger partial charge is 0.124 e. The van der Waals surface area contributed by atoms with Crippen LogP contribution in [0.4, 0.5) is 0 Å². The molecular weight excluding hydrogens is 262 g/mol. The number of rotatable bonds is 11. The highest BCUT2D eigenvalue weighted by Crippen LogP contribution is 2.26. The topological polar surface area (TPSA) is 30.5 Å². The van der Waals surface area contributed by atoms with E-state index in [4.69, 9.17) is 9.47 Å². The molecule has 0 saturated carbocycles. The van der Waals surface area contributed by atoms with Crippen molar-refractivity contribution in [3.05, 3.63) is 29.8 Å². The Hall–Kier alpha value is -1.06. The molecule has 1 rings (SSSR count). The maximum absolute atomic E-state index is 5.91. The fraction of sp³-hybridized carbons (Fsp3) is 0.667. The van der Waals surface area contributed by atoms with E-state index in [0.29, 0.717) is 25.2 Å². The molecule has 0 aliphatic rings. The quantitative estimate of drug-likeness (QED) is 0.621. The molecule has 0 aliphatic heterocycles. The zero-order valence-electron chi connectivity index (χ0n) is 14.0. The van der Waals surface area contributed by atoms with Gasteiger partial charge in [0.05, 0.1) is 6.61 Å². The van der Waals surface area contributed by atoms with E-state index in [2.05, 4.69) is 45.1 Å². The second kappa shape index (κ2) is 10.6. The number of hydrogen-bond donors (Lipinski definition) is 1. The Balaban J connectivity index is 2.44. The predicted octanol–water partition coefficient (Wildman–Crippen LogP) is 4.19. The first-order chi connectivity index (χ1) is 10.2. The Labute approximate surface area is 130 Å². The summed E-state index contributed by atoms with van der Waals surface area (Å²) in [5.74, 6) is 1.66. The van der Waals surface area contributed by atoms with Crippen molar-refractivity contribution in [3.63, 3.8) is 0 Å². The van der Waals surface area contributed by atoms with Gasteiger partial charge in [-0.1, -0.05) is 45.9 Å². The Morgan fingerprint density at radius 3 is 2.48 bits per heavy atom. The minimum Gasteiger partial charge on any atom is -0.491 e. The number of ether oxygens (including phenoxy) is 2. The van der Waals surface area contributed by atoms with Crippen LogP contribution in [0.25, 0.3) is 0 Å². The second-order valence-corrected chi connectivity index (χ2v) is 5.70. The monoisotopic (exact) mass is 293 g/mol. The van der Waals surface area contributed by atoms with E-state index in [1.165, 1.54) is 5.56 Å². The van der Waals surface area contributed by atoms with Crippen LogP contribution in [0.5, 0.6) is 5.75 Å². The predicted molar refractivity (Wildman–Crippen MR) is 88.9 cm³/mol. The molecule has 0 radical (unpaired) electrons. The van der Waals surface area contributed by atoms with E-state index in [9.17, 15) is 0 Å². The maximum Gasteiger partial charge on any atom is 0.124 e. The maximum atomic E-state index is 5.91. The first-order valence-electron chi connectivity index (χ1n) is 8.21. The van der Waals surface area contributed by atoms with Gasteiger partial charge in [-0.05, 0) is 31.4 Å². The summed E-state index contributed by atoms with van der Waals surface area (Å²) in [5, 5.41) is 3.50. The number of para-hydroxylation sites is 1. The van der Waals surface area contributed by atoms with Crippen LogP contribution in [0.1, 0.15) is 52.1 Å². The molecule has 3 heteroatoms. The summed E-state index contributed by atoms with van der Waals surface area (Å²) in [4.78, 5) is 0. The molecule has 0 spiro atoms. The fourth-order valence-electron chi connectivity index (χ4n) is 2.25. The largest absolute Gasteiger partial charge is 0.491 e. The molecular formula is C18H31NO2. The normalized spacial score (nSPS) is 12.6. The van der Waals surface area contributed by atoms with Gasteiger partial charge in [0.25, 0.3) is 0 Å². The lowest BCUT2D eigenvalue weighted by Gasteiger charge is -2.20. The Morgan fingerprint density at radius 1 is 1.05 bits per heavy atom. The van der Waals surface area contributed by atoms with E-state index in [-0.39, 0.29) is 0 Å². The molecule has 0 heterocycles. The van der Waals surface area contributed by atoms with Gasteiger partial charge >= 0.3 is 0 Å². The van der Waals surface area contributed by atoms with Gasteiger partial charge in [-0.15, -0.1) is 0 Å². The highest BCUT2D eigenvalue weighted by molar-refractivity contribution is 5.35. The van der Waals surface area contributed by atoms with Crippen molar-refractivity contribution in [1.29, 1.82) is 0 Å². The first kappa shape index (κ1) is 18.0. The molecule has 1 unspecified atom stereocenters. The van der Waals surface area contributed by atoms with Crippen LogP contribution in [0, 0.1) is 5.92 Å². The summed E-state index contributed by atoms with van der Waals surface area (Å²) in [6.45, 7) is 11.8. The molecule has 0 amide bonds. The van der Waals surface area contributed by atoms with E-state index in [0.717, 1.165) is 31.7 Å². The average molecular weight is 293 g/mol. The van der Waals surface area contributed by atoms with Crippen molar-refractivity contribution < 1.29 is 9.47 Å². The van der Waals surface area contributed by atoms with Crippen LogP contribution in [0.3, 0.4) is 0 Å². The van der Waals surface area contributed by atoms with Crippen molar-refractivity contribution in [2.75, 3.05) is 26.4 Å². The second-order valence-electron chi connectivity index (χ2n) is 5.70. The van der Waals surface area contributed by atoms with E-state index >= 15 is 0 Å². The van der Waals surface area contributed by atoms with Crippen LogP contribution in [0.2, 0.25) is 0 Å². The average Bonchev–Trinajstić information content (AvgIpc) is 2.48. The third-order valence-corrected chi connectivity index (χ3v) is 3.48. The molecule has 0 bridgehead atoms. The summed E-state index contributed by atoms with van der Waals surface area (Å²) in [5.41, 5.74) is 1.24. The van der Waals surface area contributed by atoms with Gasteiger partial charge in [0.2, 0.25) is 0 Å². The van der Waals surface area contributed by atoms with Gasteiger partial charge in [-0.25, -0.2) is 0 Å². The molecule has 21 heavy (non-hydrogen) atoms. The van der Waals surface area contributed by atoms with Crippen molar-refractivity contribution in [2.24, 2.45) is 5.92 Å². The van der Waals surface area contributed by atoms with E-state index in [1.54, 1.807) is 0 Å². The molecule has 0 saturated heterocycles. The van der Waals surface area contributed by atoms with E-state index < -0.39 is 0 Å². The Kier molecular flexibility index (Phi) is 9.11. The van der Waals surface area contributed by atoms with Crippen molar-refractivity contribution in [3.8, 4) is 5.75 Å². The number of benzene rings is 1. The molecule has 1 atom stereocenters. The minimum atomic E-state index is 0.355. The van der Waals surface area contributed by atoms with Gasteiger partial charge < -0.3 is 14.8 Å². The fourth-order valence-corrected chi connectivity index (χ4v) is 2.25. The molecule has 0 fully saturated rings. The van der Waals surface area contributed by atoms with Crippen molar-refractivity contribution in [1.82, 2.24) is 5.32 Å². The highest BCUT2D eigenvalue weighted by Gasteiger charge is 2.12. The summed E-state index contributed by atoms with van der Waals surface area (Å²) in [7, 11) is 0. The third-order valence-electron chi connectivity index (χ3n) is 3.48. The van der Waals surface area contributed by atoms with Crippen LogP contribution in [-0.4, -0.2) is 26.4 Å². The van der Waals surface area contributed by atoms with Gasteiger partial charge in [0.15, 0.2) is 0 Å². The molecule has 1 aromatic carbocycles. The zero-order valence-corrected chi connectivity index (χ0v) is 14.0. The summed E-state index contributed by atoms with van der Waals surface area (Å²) >= 11 is 0. The summed E-state index contributed by atoms with van der Waals surface area (Å²) in [6, 6.07) is 8.64. The van der Waals surface area contributed by atoms with Crippen LogP contribution in [-0.2, 0) is 4.74 Å². The molecule has 3 nitrogen and oxygen atoms in total. The standard InChI is InChI=1S/C18H31NO2/c1-5-17(19-6-2)16-9-7-8-10-18(16)21-14-13-20-12-11-15(3)4/h7-10,15,17,19H,5-6,11-14H2,1-4H3. The lowest BCUT2D eigenvalue weighted by atomic mass is 10.0. The summed E-state index contributed by atoms with van der Waals surface area (Å²) < 4.78 is 11.5. The molecule has 0 aliphatic carbocycles. The van der Waals surface area contributed by atoms with Gasteiger partial charge in [-0.3, -0.25) is 0 Å².